The van der Waals surface area contributed by atoms with Gasteiger partial charge in [0.05, 0.1) is 18.4 Å². The van der Waals surface area contributed by atoms with E-state index in [2.05, 4.69) is 25.9 Å². The number of anilines is 1. The first-order valence-corrected chi connectivity index (χ1v) is 6.40. The molecule has 0 aliphatic carbocycles. The third-order valence-electron chi connectivity index (χ3n) is 2.86. The van der Waals surface area contributed by atoms with Crippen molar-refractivity contribution in [3.63, 3.8) is 0 Å². The van der Waals surface area contributed by atoms with Gasteiger partial charge in [-0.2, -0.15) is 9.78 Å². The largest absolute Gasteiger partial charge is 0.351 e. The number of tetrazole rings is 1. The summed E-state index contributed by atoms with van der Waals surface area (Å²) >= 11 is 0. The minimum Gasteiger partial charge on any atom is -0.351 e. The minimum atomic E-state index is 0.625. The zero-order valence-corrected chi connectivity index (χ0v) is 11.1. The summed E-state index contributed by atoms with van der Waals surface area (Å²) < 4.78 is 3.56. The lowest BCUT2D eigenvalue weighted by Crippen LogP contribution is -2.14. The zero-order chi connectivity index (χ0) is 13.8. The number of nitrogens with one attached hydrogen (secondary N) is 1. The molecule has 0 aliphatic rings. The number of aryl methyl sites for hydroxylation is 1. The molecule has 0 unspecified atom stereocenters. The molecule has 0 radical (unpaired) electrons. The fraction of sp³-hybridized carbons (Fsp3) is 0.231. The highest BCUT2D eigenvalue weighted by Gasteiger charge is 2.06. The van der Waals surface area contributed by atoms with Crippen LogP contribution in [0.5, 0.6) is 0 Å². The molecule has 3 aromatic rings. The highest BCUT2D eigenvalue weighted by atomic mass is 15.6. The van der Waals surface area contributed by atoms with Gasteiger partial charge in [-0.05, 0) is 35.0 Å². The van der Waals surface area contributed by atoms with Crippen molar-refractivity contribution < 1.29 is 0 Å². The summed E-state index contributed by atoms with van der Waals surface area (Å²) in [7, 11) is 0. The van der Waals surface area contributed by atoms with Crippen molar-refractivity contribution in [2.75, 3.05) is 11.9 Å². The average Bonchev–Trinajstić information content (AvgIpc) is 3.09. The van der Waals surface area contributed by atoms with Gasteiger partial charge in [-0.3, -0.25) is 4.68 Å². The van der Waals surface area contributed by atoms with Crippen LogP contribution in [0.1, 0.15) is 5.56 Å². The molecule has 0 aliphatic heterocycles. The van der Waals surface area contributed by atoms with Crippen LogP contribution in [0.3, 0.4) is 0 Å². The van der Waals surface area contributed by atoms with Gasteiger partial charge >= 0.3 is 0 Å². The molecule has 0 bridgehead atoms. The maximum absolute atomic E-state index is 4.23. The molecule has 0 saturated carbocycles. The van der Waals surface area contributed by atoms with Crippen LogP contribution in [0.15, 0.2) is 42.7 Å². The Bertz CT molecular complexity index is 671. The third-order valence-corrected chi connectivity index (χ3v) is 2.86. The molecule has 7 heteroatoms. The zero-order valence-electron chi connectivity index (χ0n) is 11.1. The van der Waals surface area contributed by atoms with Gasteiger partial charge in [0, 0.05) is 12.7 Å². The van der Waals surface area contributed by atoms with E-state index in [1.54, 1.807) is 4.68 Å². The molecular formula is C13H15N7. The van der Waals surface area contributed by atoms with Crippen molar-refractivity contribution in [1.29, 1.82) is 0 Å². The average molecular weight is 269 g/mol. The second-order valence-electron chi connectivity index (χ2n) is 4.46. The molecular weight excluding hydrogens is 254 g/mol. The first-order chi connectivity index (χ1) is 9.83. The van der Waals surface area contributed by atoms with E-state index in [4.69, 9.17) is 0 Å². The van der Waals surface area contributed by atoms with Gasteiger partial charge < -0.3 is 5.32 Å². The van der Waals surface area contributed by atoms with Crippen LogP contribution in [-0.2, 0) is 6.54 Å². The summed E-state index contributed by atoms with van der Waals surface area (Å²) in [5, 5.41) is 19.1. The van der Waals surface area contributed by atoms with Crippen molar-refractivity contribution in [3.05, 3.63) is 48.3 Å². The molecule has 20 heavy (non-hydrogen) atoms. The molecule has 0 spiro atoms. The van der Waals surface area contributed by atoms with E-state index in [9.17, 15) is 0 Å². The molecule has 7 nitrogen and oxygen atoms in total. The molecule has 102 valence electrons. The topological polar surface area (TPSA) is 73.5 Å². The van der Waals surface area contributed by atoms with Crippen LogP contribution in [0.25, 0.3) is 5.69 Å². The fourth-order valence-electron chi connectivity index (χ4n) is 1.91. The lowest BCUT2D eigenvalue weighted by molar-refractivity contribution is 0.634. The second-order valence-corrected chi connectivity index (χ2v) is 4.46. The standard InChI is InChI=1S/C13H15N7/c1-11-9-15-19(10-11)8-7-14-13-16-17-18-20(13)12-5-3-2-4-6-12/h2-6,9-10H,7-8H2,1H3,(H,14,16,18). The smallest absolute Gasteiger partial charge is 0.247 e. The van der Waals surface area contributed by atoms with Crippen LogP contribution in [-0.4, -0.2) is 36.5 Å². The number of benzene rings is 1. The minimum absolute atomic E-state index is 0.625. The Kier molecular flexibility index (Phi) is 3.40. The van der Waals surface area contributed by atoms with Gasteiger partial charge in [0.15, 0.2) is 0 Å². The van der Waals surface area contributed by atoms with Crippen molar-refractivity contribution in [2.24, 2.45) is 0 Å². The normalized spacial score (nSPS) is 10.7. The van der Waals surface area contributed by atoms with E-state index < -0.39 is 0 Å². The number of para-hydroxylation sites is 1. The van der Waals surface area contributed by atoms with Crippen molar-refractivity contribution in [3.8, 4) is 5.69 Å². The van der Waals surface area contributed by atoms with E-state index in [-0.39, 0.29) is 0 Å². The Labute approximate surface area is 116 Å². The molecule has 0 amide bonds. The maximum atomic E-state index is 4.23. The van der Waals surface area contributed by atoms with E-state index >= 15 is 0 Å². The summed E-state index contributed by atoms with van der Waals surface area (Å²) in [5.41, 5.74) is 2.08. The van der Waals surface area contributed by atoms with Crippen LogP contribution >= 0.6 is 0 Å². The number of rotatable bonds is 5. The quantitative estimate of drug-likeness (QED) is 0.755. The van der Waals surface area contributed by atoms with E-state index in [1.165, 1.54) is 0 Å². The predicted molar refractivity (Wildman–Crippen MR) is 74.6 cm³/mol. The Morgan fingerprint density at radius 2 is 2.05 bits per heavy atom. The van der Waals surface area contributed by atoms with E-state index in [1.807, 2.05) is 54.3 Å². The lowest BCUT2D eigenvalue weighted by atomic mass is 10.3. The van der Waals surface area contributed by atoms with Gasteiger partial charge in [-0.1, -0.05) is 23.3 Å². The molecule has 3 rings (SSSR count). The van der Waals surface area contributed by atoms with Gasteiger partial charge in [0.25, 0.3) is 0 Å². The van der Waals surface area contributed by atoms with Gasteiger partial charge in [-0.25, -0.2) is 0 Å². The molecule has 0 saturated heterocycles. The Hall–Kier alpha value is -2.70. The Morgan fingerprint density at radius 1 is 1.20 bits per heavy atom. The Morgan fingerprint density at radius 3 is 2.80 bits per heavy atom. The highest BCUT2D eigenvalue weighted by Crippen LogP contribution is 2.10. The highest BCUT2D eigenvalue weighted by molar-refractivity contribution is 5.38. The molecule has 1 N–H and O–H groups in total. The summed E-state index contributed by atoms with van der Waals surface area (Å²) in [6, 6.07) is 9.78. The predicted octanol–water partition coefficient (Wildman–Crippen LogP) is 1.28. The van der Waals surface area contributed by atoms with Gasteiger partial charge in [0.2, 0.25) is 5.95 Å². The Balaban J connectivity index is 1.65. The first-order valence-electron chi connectivity index (χ1n) is 6.40. The van der Waals surface area contributed by atoms with Crippen molar-refractivity contribution in [1.82, 2.24) is 30.0 Å². The summed E-state index contributed by atoms with van der Waals surface area (Å²) in [4.78, 5) is 0. The summed E-state index contributed by atoms with van der Waals surface area (Å²) in [5.74, 6) is 0.625. The maximum Gasteiger partial charge on any atom is 0.247 e. The van der Waals surface area contributed by atoms with Crippen LogP contribution < -0.4 is 5.32 Å². The number of nitrogens with zero attached hydrogens (tertiary/aromatic N) is 6. The number of hydrogen-bond donors (Lipinski definition) is 1. The lowest BCUT2D eigenvalue weighted by Gasteiger charge is -2.06. The molecule has 0 fully saturated rings. The molecule has 2 aromatic heterocycles. The fourth-order valence-corrected chi connectivity index (χ4v) is 1.91. The van der Waals surface area contributed by atoms with Gasteiger partial charge in [-0.15, -0.1) is 0 Å². The SMILES string of the molecule is Cc1cnn(CCNc2nnnn2-c2ccccc2)c1. The van der Waals surface area contributed by atoms with Crippen molar-refractivity contribution in [2.45, 2.75) is 13.5 Å². The number of aromatic nitrogens is 6. The summed E-state index contributed by atoms with van der Waals surface area (Å²) in [6.07, 6.45) is 3.84. The van der Waals surface area contributed by atoms with Crippen molar-refractivity contribution >= 4 is 5.95 Å². The van der Waals surface area contributed by atoms with E-state index in [0.717, 1.165) is 17.8 Å². The first kappa shape index (κ1) is 12.3. The second kappa shape index (κ2) is 5.52. The van der Waals surface area contributed by atoms with E-state index in [0.29, 0.717) is 12.5 Å². The summed E-state index contributed by atoms with van der Waals surface area (Å²) in [6.45, 7) is 3.48. The van der Waals surface area contributed by atoms with Crippen LogP contribution in [0.4, 0.5) is 5.95 Å². The number of hydrogen-bond acceptors (Lipinski definition) is 5. The van der Waals surface area contributed by atoms with Gasteiger partial charge in [0.1, 0.15) is 0 Å². The van der Waals surface area contributed by atoms with Crippen LogP contribution in [0, 0.1) is 6.92 Å². The molecule has 2 heterocycles. The third kappa shape index (κ3) is 2.66. The molecule has 0 atom stereocenters. The monoisotopic (exact) mass is 269 g/mol. The molecule has 1 aromatic carbocycles. The van der Waals surface area contributed by atoms with Crippen LogP contribution in [0.2, 0.25) is 0 Å².